The molecular formula is C27H20N2O4S2. The average Bonchev–Trinajstić information content (AvgIpc) is 3.63. The molecule has 1 unspecified atom stereocenters. The smallest absolute Gasteiger partial charge is 0.296 e. The third-order valence-electron chi connectivity index (χ3n) is 6.19. The van der Waals surface area contributed by atoms with Crippen molar-refractivity contribution in [2.45, 2.75) is 25.8 Å². The number of nitrogens with zero attached hydrogens (tertiary/aromatic N) is 2. The van der Waals surface area contributed by atoms with Crippen LogP contribution in [0.1, 0.15) is 46.8 Å². The zero-order chi connectivity index (χ0) is 24.3. The van der Waals surface area contributed by atoms with Gasteiger partial charge in [-0.1, -0.05) is 55.5 Å². The average molecular weight is 501 g/mol. The van der Waals surface area contributed by atoms with Crippen LogP contribution >= 0.6 is 22.7 Å². The monoisotopic (exact) mass is 500 g/mol. The van der Waals surface area contributed by atoms with E-state index in [0.29, 0.717) is 16.6 Å². The summed E-state index contributed by atoms with van der Waals surface area (Å²) in [6.07, 6.45) is 0. The fourth-order valence-corrected chi connectivity index (χ4v) is 6.23. The Morgan fingerprint density at radius 2 is 1.94 bits per heavy atom. The van der Waals surface area contributed by atoms with Gasteiger partial charge in [-0.3, -0.25) is 14.5 Å². The first-order chi connectivity index (χ1) is 16.9. The van der Waals surface area contributed by atoms with Gasteiger partial charge in [-0.15, -0.1) is 11.3 Å². The molecule has 0 radical (unpaired) electrons. The van der Waals surface area contributed by atoms with Gasteiger partial charge >= 0.3 is 0 Å². The number of carbonyl (C=O) groups is 2. The van der Waals surface area contributed by atoms with Crippen LogP contribution in [0.4, 0.5) is 5.13 Å². The van der Waals surface area contributed by atoms with Crippen LogP contribution in [0.25, 0.3) is 21.2 Å². The van der Waals surface area contributed by atoms with Gasteiger partial charge in [0.25, 0.3) is 5.91 Å². The standard InChI is InChI=1S/C27H20N2O4S2/c1-14(2)15-9-10-17-21(13-15)35-27(28-17)29-23(20-8-5-11-34-20)22(25(31)26(29)32)24(30)19-12-16-6-3-4-7-18(16)33-19/h3-14,23,31H,1-2H3. The highest BCUT2D eigenvalue weighted by molar-refractivity contribution is 7.22. The Labute approximate surface area is 208 Å². The number of fused-ring (bicyclic) bond motifs is 2. The maximum absolute atomic E-state index is 13.6. The number of aliphatic hydroxyl groups is 1. The van der Waals surface area contributed by atoms with E-state index in [1.165, 1.54) is 33.1 Å². The highest BCUT2D eigenvalue weighted by Crippen LogP contribution is 2.45. The summed E-state index contributed by atoms with van der Waals surface area (Å²) >= 11 is 2.78. The van der Waals surface area contributed by atoms with E-state index in [0.717, 1.165) is 20.5 Å². The van der Waals surface area contributed by atoms with Crippen molar-refractivity contribution in [3.63, 3.8) is 0 Å². The van der Waals surface area contributed by atoms with Crippen LogP contribution in [0.5, 0.6) is 0 Å². The molecule has 5 aromatic rings. The molecule has 0 saturated carbocycles. The Kier molecular flexibility index (Phi) is 5.09. The molecule has 1 amide bonds. The van der Waals surface area contributed by atoms with Crippen LogP contribution in [0.3, 0.4) is 0 Å². The fourth-order valence-electron chi connectivity index (χ4n) is 4.37. The number of ketones is 1. The van der Waals surface area contributed by atoms with E-state index in [-0.39, 0.29) is 11.3 Å². The van der Waals surface area contributed by atoms with Crippen molar-refractivity contribution in [2.75, 3.05) is 4.90 Å². The van der Waals surface area contributed by atoms with Crippen LogP contribution in [0, 0.1) is 0 Å². The van der Waals surface area contributed by atoms with Gasteiger partial charge in [-0.2, -0.15) is 0 Å². The van der Waals surface area contributed by atoms with E-state index >= 15 is 0 Å². The van der Waals surface area contributed by atoms with Crippen molar-refractivity contribution >= 4 is 60.7 Å². The summed E-state index contributed by atoms with van der Waals surface area (Å²) in [5, 5.41) is 14.1. The molecule has 6 nitrogen and oxygen atoms in total. The molecular weight excluding hydrogens is 480 g/mol. The summed E-state index contributed by atoms with van der Waals surface area (Å²) in [7, 11) is 0. The van der Waals surface area contributed by atoms with E-state index in [2.05, 4.69) is 19.9 Å². The van der Waals surface area contributed by atoms with Gasteiger partial charge in [-0.25, -0.2) is 4.98 Å². The molecule has 8 heteroatoms. The Hall–Kier alpha value is -3.75. The number of hydrogen-bond donors (Lipinski definition) is 1. The largest absolute Gasteiger partial charge is 0.503 e. The third kappa shape index (κ3) is 3.48. The van der Waals surface area contributed by atoms with Crippen molar-refractivity contribution in [3.05, 3.63) is 93.6 Å². The lowest BCUT2D eigenvalue weighted by atomic mass is 10.0. The number of amides is 1. The van der Waals surface area contributed by atoms with Crippen LogP contribution < -0.4 is 4.90 Å². The lowest BCUT2D eigenvalue weighted by Gasteiger charge is -2.22. The molecule has 6 rings (SSSR count). The zero-order valence-corrected chi connectivity index (χ0v) is 20.5. The second kappa shape index (κ2) is 8.18. The molecule has 174 valence electrons. The van der Waals surface area contributed by atoms with Crippen LogP contribution in [0.2, 0.25) is 0 Å². The zero-order valence-electron chi connectivity index (χ0n) is 18.9. The van der Waals surface area contributed by atoms with Gasteiger partial charge in [0.15, 0.2) is 16.7 Å². The quantitative estimate of drug-likeness (QED) is 0.262. The Morgan fingerprint density at radius 1 is 1.11 bits per heavy atom. The number of rotatable bonds is 5. The summed E-state index contributed by atoms with van der Waals surface area (Å²) in [4.78, 5) is 33.9. The highest BCUT2D eigenvalue weighted by atomic mass is 32.1. The number of carbonyl (C=O) groups excluding carboxylic acids is 2. The van der Waals surface area contributed by atoms with Gasteiger partial charge in [0, 0.05) is 10.3 Å². The summed E-state index contributed by atoms with van der Waals surface area (Å²) in [6, 6.07) is 17.9. The van der Waals surface area contributed by atoms with E-state index in [4.69, 9.17) is 9.40 Å². The molecule has 3 aromatic heterocycles. The third-order valence-corrected chi connectivity index (χ3v) is 8.13. The molecule has 1 aliphatic rings. The first-order valence-corrected chi connectivity index (χ1v) is 12.9. The molecule has 0 spiro atoms. The Bertz CT molecular complexity index is 1610. The number of anilines is 1. The second-order valence-corrected chi connectivity index (χ2v) is 10.7. The maximum Gasteiger partial charge on any atom is 0.296 e. The van der Waals surface area contributed by atoms with Crippen LogP contribution in [-0.2, 0) is 4.79 Å². The predicted octanol–water partition coefficient (Wildman–Crippen LogP) is 7.01. The van der Waals surface area contributed by atoms with Crippen LogP contribution in [0.15, 0.2) is 81.8 Å². The van der Waals surface area contributed by atoms with Crippen molar-refractivity contribution < 1.29 is 19.1 Å². The van der Waals surface area contributed by atoms with Gasteiger partial charge in [0.05, 0.1) is 15.8 Å². The number of benzene rings is 2. The molecule has 1 aliphatic heterocycles. The summed E-state index contributed by atoms with van der Waals surface area (Å²) in [5.41, 5.74) is 2.51. The van der Waals surface area contributed by atoms with Crippen molar-refractivity contribution in [1.82, 2.24) is 4.98 Å². The number of para-hydroxylation sites is 1. The number of aliphatic hydroxyl groups excluding tert-OH is 1. The van der Waals surface area contributed by atoms with E-state index in [9.17, 15) is 14.7 Å². The van der Waals surface area contributed by atoms with Crippen molar-refractivity contribution in [1.29, 1.82) is 0 Å². The van der Waals surface area contributed by atoms with Gasteiger partial charge in [0.1, 0.15) is 11.6 Å². The summed E-state index contributed by atoms with van der Waals surface area (Å²) in [6.45, 7) is 4.25. The number of furan rings is 1. The molecule has 0 fully saturated rings. The predicted molar refractivity (Wildman–Crippen MR) is 138 cm³/mol. The molecule has 0 saturated heterocycles. The normalized spacial score (nSPS) is 16.4. The number of aromatic nitrogens is 1. The topological polar surface area (TPSA) is 83.6 Å². The first-order valence-electron chi connectivity index (χ1n) is 11.2. The lowest BCUT2D eigenvalue weighted by Crippen LogP contribution is -2.30. The van der Waals surface area contributed by atoms with E-state index in [1.807, 2.05) is 47.8 Å². The molecule has 1 N–H and O–H groups in total. The molecule has 35 heavy (non-hydrogen) atoms. The second-order valence-electron chi connectivity index (χ2n) is 8.71. The molecule has 2 aromatic carbocycles. The Balaban J connectivity index is 1.47. The molecule has 0 bridgehead atoms. The molecule has 0 aliphatic carbocycles. The number of Topliss-reactive ketones (excluding diaryl/α,β-unsaturated/α-hetero) is 1. The SMILES string of the molecule is CC(C)c1ccc2nc(N3C(=O)C(O)=C(C(=O)c4cc5ccccc5o4)C3c3cccs3)sc2c1. The highest BCUT2D eigenvalue weighted by Gasteiger charge is 2.47. The molecule has 1 atom stereocenters. The van der Waals surface area contributed by atoms with Gasteiger partial charge in [-0.05, 0) is 47.2 Å². The minimum atomic E-state index is -0.798. The van der Waals surface area contributed by atoms with E-state index < -0.39 is 23.5 Å². The minimum Gasteiger partial charge on any atom is -0.503 e. The molecule has 4 heterocycles. The Morgan fingerprint density at radius 3 is 2.69 bits per heavy atom. The first kappa shape index (κ1) is 21.8. The number of thiophene rings is 1. The van der Waals surface area contributed by atoms with Crippen LogP contribution in [-0.4, -0.2) is 21.8 Å². The van der Waals surface area contributed by atoms with Crippen molar-refractivity contribution in [3.8, 4) is 0 Å². The van der Waals surface area contributed by atoms with Gasteiger partial charge in [0.2, 0.25) is 5.78 Å². The van der Waals surface area contributed by atoms with E-state index in [1.54, 1.807) is 12.1 Å². The maximum atomic E-state index is 13.6. The summed E-state index contributed by atoms with van der Waals surface area (Å²) in [5.74, 6) is -1.30. The minimum absolute atomic E-state index is 0.00127. The number of thiazole rings is 1. The lowest BCUT2D eigenvalue weighted by molar-refractivity contribution is -0.117. The fraction of sp³-hybridized carbons (Fsp3) is 0.148. The van der Waals surface area contributed by atoms with Gasteiger partial charge < -0.3 is 9.52 Å². The summed E-state index contributed by atoms with van der Waals surface area (Å²) < 4.78 is 6.73. The van der Waals surface area contributed by atoms with Crippen molar-refractivity contribution in [2.24, 2.45) is 0 Å². The number of hydrogen-bond acceptors (Lipinski definition) is 7.